The maximum Gasteiger partial charge on any atom is 0.237 e. The second kappa shape index (κ2) is 7.44. The van der Waals surface area contributed by atoms with Gasteiger partial charge in [0.2, 0.25) is 5.91 Å². The van der Waals surface area contributed by atoms with Crippen molar-refractivity contribution < 1.29 is 14.6 Å². The molecule has 1 aromatic rings. The van der Waals surface area contributed by atoms with Crippen LogP contribution in [0, 0.1) is 0 Å². The lowest BCUT2D eigenvalue weighted by Crippen LogP contribution is -2.53. The van der Waals surface area contributed by atoms with E-state index in [2.05, 4.69) is 23.5 Å². The highest BCUT2D eigenvalue weighted by atomic mass is 16.5. The molecule has 1 heterocycles. The molecule has 0 saturated heterocycles. The number of methoxy groups -OCH3 is 1. The summed E-state index contributed by atoms with van der Waals surface area (Å²) >= 11 is 0. The quantitative estimate of drug-likeness (QED) is 0.856. The van der Waals surface area contributed by atoms with Crippen LogP contribution in [0.1, 0.15) is 50.3 Å². The summed E-state index contributed by atoms with van der Waals surface area (Å²) in [6, 6.07) is 8.26. The zero-order valence-electron chi connectivity index (χ0n) is 15.5. The van der Waals surface area contributed by atoms with Crippen LogP contribution in [0.4, 0.5) is 0 Å². The van der Waals surface area contributed by atoms with Crippen LogP contribution in [0.15, 0.2) is 24.3 Å². The van der Waals surface area contributed by atoms with Crippen LogP contribution >= 0.6 is 0 Å². The molecule has 0 spiro atoms. The van der Waals surface area contributed by atoms with E-state index >= 15 is 0 Å². The number of amides is 1. The van der Waals surface area contributed by atoms with E-state index in [1.54, 1.807) is 7.11 Å². The SMILES string of the molecule is COC(C)(C)C1c2ccccc2CCN1C(=O)CN[C@H]1CCC[C@@H]1O. The maximum atomic E-state index is 13.0. The third kappa shape index (κ3) is 3.73. The molecule has 1 amide bonds. The molecule has 0 radical (unpaired) electrons. The number of benzene rings is 1. The van der Waals surface area contributed by atoms with E-state index in [4.69, 9.17) is 4.74 Å². The molecule has 1 aliphatic carbocycles. The average molecular weight is 346 g/mol. The zero-order valence-corrected chi connectivity index (χ0v) is 15.5. The highest BCUT2D eigenvalue weighted by Crippen LogP contribution is 2.39. The summed E-state index contributed by atoms with van der Waals surface area (Å²) in [5.74, 6) is 0.0729. The number of aliphatic hydroxyl groups is 1. The molecule has 1 fully saturated rings. The maximum absolute atomic E-state index is 13.0. The monoisotopic (exact) mass is 346 g/mol. The van der Waals surface area contributed by atoms with Crippen molar-refractivity contribution in [2.24, 2.45) is 0 Å². The van der Waals surface area contributed by atoms with Crippen LogP contribution in [0.5, 0.6) is 0 Å². The van der Waals surface area contributed by atoms with Crippen LogP contribution in [0.25, 0.3) is 0 Å². The molecular weight excluding hydrogens is 316 g/mol. The predicted octanol–water partition coefficient (Wildman–Crippen LogP) is 2.04. The van der Waals surface area contributed by atoms with Gasteiger partial charge in [-0.3, -0.25) is 4.79 Å². The van der Waals surface area contributed by atoms with Gasteiger partial charge in [-0.25, -0.2) is 0 Å². The van der Waals surface area contributed by atoms with Gasteiger partial charge >= 0.3 is 0 Å². The number of rotatable bonds is 5. The van der Waals surface area contributed by atoms with E-state index in [0.29, 0.717) is 6.54 Å². The van der Waals surface area contributed by atoms with Gasteiger partial charge in [-0.05, 0) is 50.7 Å². The minimum absolute atomic E-state index is 0.0370. The minimum Gasteiger partial charge on any atom is -0.392 e. The number of carbonyl (C=O) groups excluding carboxylic acids is 1. The number of ether oxygens (including phenoxy) is 1. The van der Waals surface area contributed by atoms with Crippen molar-refractivity contribution in [1.82, 2.24) is 10.2 Å². The molecule has 0 bridgehead atoms. The number of hydrogen-bond acceptors (Lipinski definition) is 4. The van der Waals surface area contributed by atoms with Crippen molar-refractivity contribution in [3.8, 4) is 0 Å². The second-order valence-electron chi connectivity index (χ2n) is 7.73. The van der Waals surface area contributed by atoms with Crippen LogP contribution in [-0.4, -0.2) is 53.9 Å². The van der Waals surface area contributed by atoms with Gasteiger partial charge in [0.05, 0.1) is 24.3 Å². The first-order valence-corrected chi connectivity index (χ1v) is 9.28. The van der Waals surface area contributed by atoms with Crippen molar-refractivity contribution in [2.75, 3.05) is 20.2 Å². The van der Waals surface area contributed by atoms with E-state index in [-0.39, 0.29) is 30.6 Å². The molecule has 2 aliphatic rings. The van der Waals surface area contributed by atoms with Crippen LogP contribution in [0.2, 0.25) is 0 Å². The lowest BCUT2D eigenvalue weighted by atomic mass is 9.83. The Morgan fingerprint density at radius 2 is 2.12 bits per heavy atom. The second-order valence-corrected chi connectivity index (χ2v) is 7.73. The van der Waals surface area contributed by atoms with Crippen LogP contribution in [0.3, 0.4) is 0 Å². The Hall–Kier alpha value is -1.43. The van der Waals surface area contributed by atoms with E-state index in [1.807, 2.05) is 24.8 Å². The van der Waals surface area contributed by atoms with Gasteiger partial charge in [0, 0.05) is 19.7 Å². The van der Waals surface area contributed by atoms with Gasteiger partial charge in [0.25, 0.3) is 0 Å². The van der Waals surface area contributed by atoms with Crippen molar-refractivity contribution in [3.63, 3.8) is 0 Å². The highest BCUT2D eigenvalue weighted by Gasteiger charge is 2.41. The summed E-state index contributed by atoms with van der Waals surface area (Å²) in [4.78, 5) is 14.9. The summed E-state index contributed by atoms with van der Waals surface area (Å²) in [7, 11) is 1.70. The van der Waals surface area contributed by atoms with Gasteiger partial charge in [-0.1, -0.05) is 24.3 Å². The fraction of sp³-hybridized carbons (Fsp3) is 0.650. The average Bonchev–Trinajstić information content (AvgIpc) is 3.03. The van der Waals surface area contributed by atoms with Crippen molar-refractivity contribution in [1.29, 1.82) is 0 Å². The van der Waals surface area contributed by atoms with Crippen LogP contribution in [-0.2, 0) is 16.0 Å². The molecule has 2 N–H and O–H groups in total. The van der Waals surface area contributed by atoms with E-state index < -0.39 is 5.60 Å². The van der Waals surface area contributed by atoms with Crippen molar-refractivity contribution >= 4 is 5.91 Å². The fourth-order valence-corrected chi connectivity index (χ4v) is 4.20. The Labute approximate surface area is 150 Å². The number of nitrogens with one attached hydrogen (secondary N) is 1. The molecule has 5 nitrogen and oxygen atoms in total. The minimum atomic E-state index is -0.473. The Morgan fingerprint density at radius 1 is 1.36 bits per heavy atom. The lowest BCUT2D eigenvalue weighted by Gasteiger charge is -2.45. The van der Waals surface area contributed by atoms with Crippen LogP contribution < -0.4 is 5.32 Å². The molecule has 1 aliphatic heterocycles. The predicted molar refractivity (Wildman–Crippen MR) is 97.3 cm³/mol. The van der Waals surface area contributed by atoms with Gasteiger partial charge in [-0.2, -0.15) is 0 Å². The topological polar surface area (TPSA) is 61.8 Å². The molecular formula is C20H30N2O3. The number of fused-ring (bicyclic) bond motifs is 1. The first-order chi connectivity index (χ1) is 11.9. The summed E-state index contributed by atoms with van der Waals surface area (Å²) in [5, 5.41) is 13.2. The zero-order chi connectivity index (χ0) is 18.0. The fourth-order valence-electron chi connectivity index (χ4n) is 4.20. The third-order valence-corrected chi connectivity index (χ3v) is 5.78. The highest BCUT2D eigenvalue weighted by molar-refractivity contribution is 5.79. The summed E-state index contributed by atoms with van der Waals surface area (Å²) in [5.41, 5.74) is 2.00. The Balaban J connectivity index is 1.78. The Kier molecular flexibility index (Phi) is 5.46. The normalized spacial score (nSPS) is 26.6. The van der Waals surface area contributed by atoms with Crippen molar-refractivity contribution in [2.45, 2.75) is 63.3 Å². The standard InChI is InChI=1S/C20H30N2O3/c1-20(2,25-3)19-15-8-5-4-7-14(15)11-12-22(19)18(24)13-21-16-9-6-10-17(16)23/h4-5,7-8,16-17,19,21,23H,6,9-13H2,1-3H3/t16-,17-,19?/m0/s1. The summed E-state index contributed by atoms with van der Waals surface area (Å²) in [6.07, 6.45) is 3.31. The van der Waals surface area contributed by atoms with E-state index in [1.165, 1.54) is 11.1 Å². The van der Waals surface area contributed by atoms with E-state index in [9.17, 15) is 9.90 Å². The van der Waals surface area contributed by atoms with Gasteiger partial charge in [0.15, 0.2) is 0 Å². The molecule has 3 atom stereocenters. The number of hydrogen-bond donors (Lipinski definition) is 2. The molecule has 1 unspecified atom stereocenters. The first kappa shape index (κ1) is 18.4. The molecule has 0 aromatic heterocycles. The molecule has 138 valence electrons. The molecule has 25 heavy (non-hydrogen) atoms. The smallest absolute Gasteiger partial charge is 0.237 e. The molecule has 5 heteroatoms. The number of nitrogens with zero attached hydrogens (tertiary/aromatic N) is 1. The summed E-state index contributed by atoms with van der Waals surface area (Å²) < 4.78 is 5.76. The van der Waals surface area contributed by atoms with Gasteiger partial charge in [0.1, 0.15) is 0 Å². The molecule has 1 saturated carbocycles. The first-order valence-electron chi connectivity index (χ1n) is 9.28. The number of carbonyl (C=O) groups is 1. The number of aliphatic hydroxyl groups excluding tert-OH is 1. The summed E-state index contributed by atoms with van der Waals surface area (Å²) in [6.45, 7) is 5.03. The lowest BCUT2D eigenvalue weighted by molar-refractivity contribution is -0.141. The Bertz CT molecular complexity index is 617. The van der Waals surface area contributed by atoms with E-state index in [0.717, 1.165) is 25.7 Å². The van der Waals surface area contributed by atoms with Gasteiger partial charge in [-0.15, -0.1) is 0 Å². The third-order valence-electron chi connectivity index (χ3n) is 5.78. The van der Waals surface area contributed by atoms with Gasteiger partial charge < -0.3 is 20.1 Å². The van der Waals surface area contributed by atoms with Crippen molar-refractivity contribution in [3.05, 3.63) is 35.4 Å². The Morgan fingerprint density at radius 3 is 2.80 bits per heavy atom. The molecule has 3 rings (SSSR count). The largest absolute Gasteiger partial charge is 0.392 e. The molecule has 1 aromatic carbocycles.